The molecule has 4 rings (SSSR count). The number of morpholine rings is 1. The van der Waals surface area contributed by atoms with Gasteiger partial charge in [0.1, 0.15) is 5.82 Å². The second kappa shape index (κ2) is 9.37. The van der Waals surface area contributed by atoms with Crippen molar-refractivity contribution in [3.05, 3.63) is 69.4 Å². The first-order chi connectivity index (χ1) is 14.5. The SMILES string of the molecule is O=C(Cc1cn(-c2ccc(Cl)cc2)c(-c2ccc(Cl)cc2Cl)n1)NN1CCOCC1. The minimum absolute atomic E-state index is 0.133. The number of benzene rings is 2. The molecule has 0 radical (unpaired) electrons. The predicted molar refractivity (Wildman–Crippen MR) is 118 cm³/mol. The van der Waals surface area contributed by atoms with Crippen molar-refractivity contribution < 1.29 is 9.53 Å². The molecule has 0 saturated carbocycles. The Bertz CT molecular complexity index is 1050. The van der Waals surface area contributed by atoms with Gasteiger partial charge >= 0.3 is 0 Å². The quantitative estimate of drug-likeness (QED) is 0.606. The van der Waals surface area contributed by atoms with E-state index in [1.165, 1.54) is 0 Å². The van der Waals surface area contributed by atoms with E-state index in [1.807, 2.05) is 34.0 Å². The zero-order valence-electron chi connectivity index (χ0n) is 15.9. The van der Waals surface area contributed by atoms with E-state index in [-0.39, 0.29) is 12.3 Å². The summed E-state index contributed by atoms with van der Waals surface area (Å²) in [6.45, 7) is 2.53. The molecule has 1 amide bonds. The number of carbonyl (C=O) groups excluding carboxylic acids is 1. The topological polar surface area (TPSA) is 59.4 Å². The van der Waals surface area contributed by atoms with E-state index >= 15 is 0 Å². The third-order valence-electron chi connectivity index (χ3n) is 4.67. The number of nitrogens with one attached hydrogen (secondary N) is 1. The summed E-state index contributed by atoms with van der Waals surface area (Å²) >= 11 is 18.5. The molecule has 0 bridgehead atoms. The molecule has 1 fully saturated rings. The summed E-state index contributed by atoms with van der Waals surface area (Å²) in [5, 5.41) is 3.51. The number of halogens is 3. The van der Waals surface area contributed by atoms with Crippen LogP contribution in [0.3, 0.4) is 0 Å². The molecule has 6 nitrogen and oxygen atoms in total. The van der Waals surface area contributed by atoms with Gasteiger partial charge in [-0.3, -0.25) is 14.8 Å². The van der Waals surface area contributed by atoms with Crippen molar-refractivity contribution in [3.63, 3.8) is 0 Å². The molecule has 0 spiro atoms. The first-order valence-corrected chi connectivity index (χ1v) is 10.5. The molecule has 30 heavy (non-hydrogen) atoms. The molecule has 1 aliphatic heterocycles. The van der Waals surface area contributed by atoms with E-state index in [0.29, 0.717) is 52.9 Å². The lowest BCUT2D eigenvalue weighted by Gasteiger charge is -2.26. The lowest BCUT2D eigenvalue weighted by Crippen LogP contribution is -2.48. The van der Waals surface area contributed by atoms with E-state index in [9.17, 15) is 4.79 Å². The standard InChI is InChI=1S/C21H19Cl3N4O2/c22-14-1-4-17(5-2-14)28-13-16(12-20(29)26-27-7-9-30-10-8-27)25-21(28)18-6-3-15(23)11-19(18)24/h1-6,11,13H,7-10,12H2,(H,26,29). The summed E-state index contributed by atoms with van der Waals surface area (Å²) in [4.78, 5) is 17.2. The number of imidazole rings is 1. The second-order valence-corrected chi connectivity index (χ2v) is 8.12. The zero-order chi connectivity index (χ0) is 21.1. The van der Waals surface area contributed by atoms with Gasteiger partial charge < -0.3 is 4.74 Å². The van der Waals surface area contributed by atoms with Crippen LogP contribution in [0.5, 0.6) is 0 Å². The molecule has 1 aliphatic rings. The van der Waals surface area contributed by atoms with Gasteiger partial charge in [0.15, 0.2) is 0 Å². The lowest BCUT2D eigenvalue weighted by atomic mass is 10.2. The van der Waals surface area contributed by atoms with Crippen LogP contribution in [0.2, 0.25) is 15.1 Å². The number of hydrogen-bond acceptors (Lipinski definition) is 4. The molecular weight excluding hydrogens is 447 g/mol. The highest BCUT2D eigenvalue weighted by Crippen LogP contribution is 2.32. The summed E-state index contributed by atoms with van der Waals surface area (Å²) < 4.78 is 7.20. The predicted octanol–water partition coefficient (Wildman–Crippen LogP) is 4.41. The average molecular weight is 466 g/mol. The van der Waals surface area contributed by atoms with E-state index in [0.717, 1.165) is 11.3 Å². The van der Waals surface area contributed by atoms with Crippen molar-refractivity contribution in [2.75, 3.05) is 26.3 Å². The summed E-state index contributed by atoms with van der Waals surface area (Å²) in [5.74, 6) is 0.486. The number of hydrazine groups is 1. The van der Waals surface area contributed by atoms with Crippen molar-refractivity contribution >= 4 is 40.7 Å². The molecule has 1 saturated heterocycles. The molecule has 0 aliphatic carbocycles. The van der Waals surface area contributed by atoms with Gasteiger partial charge in [-0.1, -0.05) is 34.8 Å². The average Bonchev–Trinajstić information content (AvgIpc) is 3.12. The van der Waals surface area contributed by atoms with Crippen molar-refractivity contribution in [3.8, 4) is 17.1 Å². The van der Waals surface area contributed by atoms with Gasteiger partial charge in [-0.2, -0.15) is 0 Å². The van der Waals surface area contributed by atoms with Crippen molar-refractivity contribution in [2.45, 2.75) is 6.42 Å². The lowest BCUT2D eigenvalue weighted by molar-refractivity contribution is -0.127. The van der Waals surface area contributed by atoms with Crippen LogP contribution in [0, 0.1) is 0 Å². The summed E-state index contributed by atoms with van der Waals surface area (Å²) in [6.07, 6.45) is 1.97. The number of carbonyl (C=O) groups is 1. The Labute approximate surface area is 189 Å². The smallest absolute Gasteiger partial charge is 0.240 e. The Hall–Kier alpha value is -2.09. The van der Waals surface area contributed by atoms with Crippen LogP contribution in [-0.2, 0) is 16.0 Å². The van der Waals surface area contributed by atoms with Crippen LogP contribution in [-0.4, -0.2) is 46.8 Å². The molecule has 156 valence electrons. The normalized spacial score (nSPS) is 14.6. The number of aromatic nitrogens is 2. The largest absolute Gasteiger partial charge is 0.379 e. The molecule has 2 heterocycles. The Morgan fingerprint density at radius 1 is 1.03 bits per heavy atom. The van der Waals surface area contributed by atoms with Gasteiger partial charge in [0, 0.05) is 40.6 Å². The van der Waals surface area contributed by atoms with Crippen LogP contribution in [0.15, 0.2) is 48.7 Å². The highest BCUT2D eigenvalue weighted by Gasteiger charge is 2.18. The summed E-state index contributed by atoms with van der Waals surface area (Å²) in [5.41, 5.74) is 5.10. The van der Waals surface area contributed by atoms with Gasteiger partial charge in [-0.15, -0.1) is 0 Å². The van der Waals surface area contributed by atoms with Gasteiger partial charge in [0.05, 0.1) is 30.4 Å². The highest BCUT2D eigenvalue weighted by molar-refractivity contribution is 6.36. The number of rotatable bonds is 5. The van der Waals surface area contributed by atoms with Crippen LogP contribution in [0.25, 0.3) is 17.1 Å². The monoisotopic (exact) mass is 464 g/mol. The fraction of sp³-hybridized carbons (Fsp3) is 0.238. The number of ether oxygens (including phenoxy) is 1. The van der Waals surface area contributed by atoms with E-state index < -0.39 is 0 Å². The first kappa shape index (κ1) is 21.2. The van der Waals surface area contributed by atoms with E-state index in [4.69, 9.17) is 44.5 Å². The maximum atomic E-state index is 12.5. The maximum absolute atomic E-state index is 12.5. The van der Waals surface area contributed by atoms with Crippen LogP contribution in [0.1, 0.15) is 5.69 Å². The maximum Gasteiger partial charge on any atom is 0.240 e. The van der Waals surface area contributed by atoms with Crippen LogP contribution < -0.4 is 5.43 Å². The number of hydrogen-bond donors (Lipinski definition) is 1. The minimum Gasteiger partial charge on any atom is -0.379 e. The van der Waals surface area contributed by atoms with Crippen molar-refractivity contribution in [1.82, 2.24) is 20.0 Å². The van der Waals surface area contributed by atoms with E-state index in [2.05, 4.69) is 5.43 Å². The minimum atomic E-state index is -0.133. The van der Waals surface area contributed by atoms with Gasteiger partial charge in [-0.05, 0) is 42.5 Å². The molecule has 1 N–H and O–H groups in total. The van der Waals surface area contributed by atoms with Gasteiger partial charge in [-0.25, -0.2) is 9.99 Å². The third kappa shape index (κ3) is 4.96. The summed E-state index contributed by atoms with van der Waals surface area (Å²) in [6, 6.07) is 12.6. The molecule has 0 atom stereocenters. The fourth-order valence-corrected chi connectivity index (χ4v) is 3.85. The Morgan fingerprint density at radius 2 is 1.73 bits per heavy atom. The third-order valence-corrected chi connectivity index (χ3v) is 5.47. The molecular formula is C21H19Cl3N4O2. The number of nitrogens with zero attached hydrogens (tertiary/aromatic N) is 3. The van der Waals surface area contributed by atoms with Gasteiger partial charge in [0.25, 0.3) is 0 Å². The Morgan fingerprint density at radius 3 is 2.43 bits per heavy atom. The highest BCUT2D eigenvalue weighted by atomic mass is 35.5. The number of amides is 1. The second-order valence-electron chi connectivity index (χ2n) is 6.84. The Balaban J connectivity index is 1.65. The summed E-state index contributed by atoms with van der Waals surface area (Å²) in [7, 11) is 0. The molecule has 3 aromatic rings. The first-order valence-electron chi connectivity index (χ1n) is 9.41. The fourth-order valence-electron chi connectivity index (χ4n) is 3.23. The van der Waals surface area contributed by atoms with Crippen molar-refractivity contribution in [2.24, 2.45) is 0 Å². The zero-order valence-corrected chi connectivity index (χ0v) is 18.2. The molecule has 1 aromatic heterocycles. The Kier molecular flexibility index (Phi) is 6.61. The van der Waals surface area contributed by atoms with Crippen molar-refractivity contribution in [1.29, 1.82) is 0 Å². The van der Waals surface area contributed by atoms with Gasteiger partial charge in [0.2, 0.25) is 5.91 Å². The van der Waals surface area contributed by atoms with Crippen LogP contribution >= 0.6 is 34.8 Å². The molecule has 2 aromatic carbocycles. The molecule has 0 unspecified atom stereocenters. The molecule has 9 heteroatoms. The van der Waals surface area contributed by atoms with E-state index in [1.54, 1.807) is 24.3 Å². The van der Waals surface area contributed by atoms with Crippen LogP contribution in [0.4, 0.5) is 0 Å².